The Hall–Kier alpha value is -3.47. The minimum absolute atomic E-state index is 0.0795. The maximum atomic E-state index is 12.7. The highest BCUT2D eigenvalue weighted by atomic mass is 31.2. The summed E-state index contributed by atoms with van der Waals surface area (Å²) in [5, 5.41) is 33.5. The van der Waals surface area contributed by atoms with Crippen molar-refractivity contribution in [1.82, 2.24) is 5.32 Å². The highest BCUT2D eigenvalue weighted by Gasteiger charge is 2.36. The van der Waals surface area contributed by atoms with Gasteiger partial charge in [-0.05, 0) is 12.0 Å². The zero-order chi connectivity index (χ0) is 24.6. The molecule has 0 bridgehead atoms. The molecular formula is C20H23N2O10P. The number of carbonyl (C=O) groups excluding carboxylic acids is 2. The lowest BCUT2D eigenvalue weighted by Crippen LogP contribution is -2.42. The number of para-hydroxylation sites is 1. The van der Waals surface area contributed by atoms with E-state index in [9.17, 15) is 39.4 Å². The number of amides is 1. The Bertz CT molecular complexity index is 1050. The van der Waals surface area contributed by atoms with E-state index in [0.717, 1.165) is 25.3 Å². The van der Waals surface area contributed by atoms with Gasteiger partial charge in [0, 0.05) is 17.8 Å². The normalized spacial score (nSPS) is 14.4. The molecule has 0 aliphatic carbocycles. The monoisotopic (exact) mass is 482 g/mol. The second-order valence-corrected chi connectivity index (χ2v) is 9.34. The fourth-order valence-corrected chi connectivity index (χ4v) is 4.37. The molecule has 33 heavy (non-hydrogen) atoms. The first kappa shape index (κ1) is 25.8. The van der Waals surface area contributed by atoms with E-state index >= 15 is 0 Å². The van der Waals surface area contributed by atoms with Crippen molar-refractivity contribution in [3.05, 3.63) is 69.8 Å². The standard InChI is InChI=1S/C20H23N2O10P/c1-31-18(24)15(21-20(26)32-12-13-6-3-2-4-7-13)10-11-33(29,30)19(25)14-8-5-9-16(17(14)23)22(27)28/h2-9,15,19,23,25H,10-12H2,1H3,(H,21,26)(H,29,30)/t15-,19?/m0/s1. The fraction of sp³-hybridized carbons (Fsp3) is 0.300. The summed E-state index contributed by atoms with van der Waals surface area (Å²) in [6.45, 7) is -0.0795. The molecule has 4 N–H and O–H groups in total. The van der Waals surface area contributed by atoms with Crippen LogP contribution in [-0.2, 0) is 25.4 Å². The molecule has 0 aromatic heterocycles. The third kappa shape index (κ3) is 7.01. The Morgan fingerprint density at radius 3 is 2.45 bits per heavy atom. The number of nitrogens with one attached hydrogen (secondary N) is 1. The first-order valence-corrected chi connectivity index (χ1v) is 11.5. The van der Waals surface area contributed by atoms with Crippen molar-refractivity contribution in [1.29, 1.82) is 0 Å². The number of esters is 1. The molecular weight excluding hydrogens is 459 g/mol. The van der Waals surface area contributed by atoms with Crippen molar-refractivity contribution in [2.24, 2.45) is 0 Å². The zero-order valence-corrected chi connectivity index (χ0v) is 18.4. The van der Waals surface area contributed by atoms with Crippen LogP contribution in [0.1, 0.15) is 23.4 Å². The SMILES string of the molecule is COC(=O)[C@H](CCP(=O)(O)C(O)c1cccc([N+](=O)[O-])c1O)NC(=O)OCc1ccccc1. The number of aliphatic hydroxyl groups excluding tert-OH is 1. The van der Waals surface area contributed by atoms with Crippen LogP contribution in [-0.4, -0.2) is 51.4 Å². The number of aliphatic hydroxyl groups is 1. The first-order chi connectivity index (χ1) is 15.6. The van der Waals surface area contributed by atoms with Crippen molar-refractivity contribution < 1.29 is 43.7 Å². The summed E-state index contributed by atoms with van der Waals surface area (Å²) in [6, 6.07) is 10.5. The van der Waals surface area contributed by atoms with Crippen LogP contribution >= 0.6 is 7.37 Å². The number of ether oxygens (including phenoxy) is 2. The summed E-state index contributed by atoms with van der Waals surface area (Å²) < 4.78 is 22.3. The lowest BCUT2D eigenvalue weighted by atomic mass is 10.2. The number of nitro benzene ring substituents is 1. The maximum absolute atomic E-state index is 12.7. The number of hydrogen-bond donors (Lipinski definition) is 4. The van der Waals surface area contributed by atoms with Gasteiger partial charge in [-0.3, -0.25) is 14.7 Å². The molecule has 2 aromatic carbocycles. The van der Waals surface area contributed by atoms with Crippen LogP contribution in [0.5, 0.6) is 5.75 Å². The molecule has 3 atom stereocenters. The number of methoxy groups -OCH3 is 1. The van der Waals surface area contributed by atoms with E-state index in [4.69, 9.17) is 4.74 Å². The van der Waals surface area contributed by atoms with Gasteiger partial charge in [-0.15, -0.1) is 0 Å². The number of nitro groups is 1. The summed E-state index contributed by atoms with van der Waals surface area (Å²) >= 11 is 0. The van der Waals surface area contributed by atoms with E-state index in [-0.39, 0.29) is 6.61 Å². The van der Waals surface area contributed by atoms with Crippen molar-refractivity contribution in [3.63, 3.8) is 0 Å². The molecule has 0 saturated carbocycles. The van der Waals surface area contributed by atoms with E-state index in [1.165, 1.54) is 0 Å². The Morgan fingerprint density at radius 2 is 1.85 bits per heavy atom. The number of alkyl carbamates (subject to hydrolysis) is 1. The van der Waals surface area contributed by atoms with E-state index in [0.29, 0.717) is 5.56 Å². The summed E-state index contributed by atoms with van der Waals surface area (Å²) in [5.41, 5.74) is -0.566. The van der Waals surface area contributed by atoms with E-state index in [1.54, 1.807) is 30.3 Å². The van der Waals surface area contributed by atoms with Gasteiger partial charge in [-0.2, -0.15) is 0 Å². The van der Waals surface area contributed by atoms with Crippen molar-refractivity contribution in [2.45, 2.75) is 24.9 Å². The molecule has 0 radical (unpaired) electrons. The van der Waals surface area contributed by atoms with E-state index < -0.39 is 65.8 Å². The molecule has 2 aromatic rings. The molecule has 2 unspecified atom stereocenters. The number of rotatable bonds is 10. The highest BCUT2D eigenvalue weighted by molar-refractivity contribution is 7.58. The molecule has 0 spiro atoms. The molecule has 0 aliphatic heterocycles. The highest BCUT2D eigenvalue weighted by Crippen LogP contribution is 2.56. The van der Waals surface area contributed by atoms with Gasteiger partial charge in [0.05, 0.1) is 12.0 Å². The molecule has 0 heterocycles. The number of benzene rings is 2. The Labute approximate surface area is 188 Å². The minimum atomic E-state index is -4.52. The van der Waals surface area contributed by atoms with E-state index in [2.05, 4.69) is 10.1 Å². The van der Waals surface area contributed by atoms with Gasteiger partial charge >= 0.3 is 17.7 Å². The van der Waals surface area contributed by atoms with Crippen molar-refractivity contribution in [3.8, 4) is 5.75 Å². The molecule has 12 nitrogen and oxygen atoms in total. The van der Waals surface area contributed by atoms with E-state index in [1.807, 2.05) is 0 Å². The lowest BCUT2D eigenvalue weighted by Gasteiger charge is -2.22. The van der Waals surface area contributed by atoms with Crippen LogP contribution in [0.3, 0.4) is 0 Å². The topological polar surface area (TPSA) is 186 Å². The van der Waals surface area contributed by atoms with Crippen LogP contribution < -0.4 is 5.32 Å². The molecule has 2 rings (SSSR count). The van der Waals surface area contributed by atoms with Gasteiger partial charge in [0.1, 0.15) is 12.6 Å². The van der Waals surface area contributed by atoms with Crippen LogP contribution in [0.2, 0.25) is 0 Å². The molecule has 0 aliphatic rings. The van der Waals surface area contributed by atoms with Crippen molar-refractivity contribution in [2.75, 3.05) is 13.3 Å². The first-order valence-electron chi connectivity index (χ1n) is 9.57. The van der Waals surface area contributed by atoms with Crippen LogP contribution in [0.4, 0.5) is 10.5 Å². The third-order valence-corrected chi connectivity index (χ3v) is 6.57. The molecule has 0 fully saturated rings. The largest absolute Gasteiger partial charge is 0.502 e. The predicted molar refractivity (Wildman–Crippen MR) is 115 cm³/mol. The van der Waals surface area contributed by atoms with Gasteiger partial charge in [-0.25, -0.2) is 9.59 Å². The maximum Gasteiger partial charge on any atom is 0.408 e. The number of hydrogen-bond acceptors (Lipinski definition) is 9. The van der Waals surface area contributed by atoms with Gasteiger partial charge in [0.15, 0.2) is 5.85 Å². The second kappa shape index (κ2) is 11.4. The van der Waals surface area contributed by atoms with Crippen LogP contribution in [0.25, 0.3) is 0 Å². The molecule has 1 amide bonds. The summed E-state index contributed by atoms with van der Waals surface area (Å²) in [6.07, 6.45) is -2.08. The summed E-state index contributed by atoms with van der Waals surface area (Å²) in [4.78, 5) is 44.4. The van der Waals surface area contributed by atoms with Gasteiger partial charge < -0.3 is 29.9 Å². The van der Waals surface area contributed by atoms with Crippen molar-refractivity contribution >= 4 is 25.1 Å². The fourth-order valence-electron chi connectivity index (χ4n) is 2.86. The number of aromatic hydroxyl groups is 1. The number of nitrogens with zero attached hydrogens (tertiary/aromatic N) is 1. The lowest BCUT2D eigenvalue weighted by molar-refractivity contribution is -0.386. The Morgan fingerprint density at radius 1 is 1.18 bits per heavy atom. The van der Waals surface area contributed by atoms with Gasteiger partial charge in [0.2, 0.25) is 13.1 Å². The summed E-state index contributed by atoms with van der Waals surface area (Å²) in [5.74, 6) is -4.03. The Kier molecular flexibility index (Phi) is 8.92. The molecule has 13 heteroatoms. The van der Waals surface area contributed by atoms with Gasteiger partial charge in [-0.1, -0.05) is 42.5 Å². The molecule has 178 valence electrons. The van der Waals surface area contributed by atoms with Gasteiger partial charge in [0.25, 0.3) is 0 Å². The smallest absolute Gasteiger partial charge is 0.408 e. The average Bonchev–Trinajstić information content (AvgIpc) is 2.80. The number of phenolic OH excluding ortho intramolecular Hbond substituents is 1. The second-order valence-electron chi connectivity index (χ2n) is 6.90. The quantitative estimate of drug-likeness (QED) is 0.170. The zero-order valence-electron chi connectivity index (χ0n) is 17.5. The number of carbonyl (C=O) groups is 2. The Balaban J connectivity index is 2.06. The molecule has 0 saturated heterocycles. The number of phenols is 1. The average molecular weight is 482 g/mol. The van der Waals surface area contributed by atoms with Crippen LogP contribution in [0.15, 0.2) is 48.5 Å². The minimum Gasteiger partial charge on any atom is -0.502 e. The predicted octanol–water partition coefficient (Wildman–Crippen LogP) is 2.42. The third-order valence-electron chi connectivity index (χ3n) is 4.63. The summed E-state index contributed by atoms with van der Waals surface area (Å²) in [7, 11) is -3.46. The van der Waals surface area contributed by atoms with Crippen LogP contribution in [0, 0.1) is 10.1 Å².